The number of hydrogen-bond acceptors (Lipinski definition) is 4. The largest absolute Gasteiger partial charge is 0.416 e. The molecule has 142 valence electrons. The van der Waals surface area contributed by atoms with E-state index in [0.717, 1.165) is 31.0 Å². The molecule has 0 unspecified atom stereocenters. The zero-order valence-corrected chi connectivity index (χ0v) is 14.6. The standard InChI is InChI=1S/C17H14ClF3N4O2/c18-12-4-3-11(17(19,20)21)7-10(12)8-23-15(27)13-5-6-22-16(24-13)25-14(26)9-1-2-9/h3-7,9H,1-2,8H2,(H,23,27)(H,22,24,25,26). The lowest BCUT2D eigenvalue weighted by Crippen LogP contribution is -2.25. The second-order valence-corrected chi connectivity index (χ2v) is 6.42. The van der Waals surface area contributed by atoms with Crippen molar-refractivity contribution in [3.63, 3.8) is 0 Å². The number of amides is 2. The van der Waals surface area contributed by atoms with Gasteiger partial charge in [-0.15, -0.1) is 0 Å². The number of aromatic nitrogens is 2. The molecule has 10 heteroatoms. The first-order valence-electron chi connectivity index (χ1n) is 8.02. The van der Waals surface area contributed by atoms with Gasteiger partial charge < -0.3 is 5.32 Å². The van der Waals surface area contributed by atoms with Crippen LogP contribution in [0, 0.1) is 5.92 Å². The molecule has 3 rings (SSSR count). The van der Waals surface area contributed by atoms with E-state index < -0.39 is 17.6 Å². The molecule has 0 spiro atoms. The lowest BCUT2D eigenvalue weighted by atomic mass is 10.1. The van der Waals surface area contributed by atoms with Gasteiger partial charge in [-0.2, -0.15) is 13.2 Å². The number of alkyl halides is 3. The van der Waals surface area contributed by atoms with Crippen LogP contribution in [0.4, 0.5) is 19.1 Å². The SMILES string of the molecule is O=C(NCc1cc(C(F)(F)F)ccc1Cl)c1ccnc(NC(=O)C2CC2)n1. The highest BCUT2D eigenvalue weighted by Gasteiger charge is 2.31. The highest BCUT2D eigenvalue weighted by molar-refractivity contribution is 6.31. The van der Waals surface area contributed by atoms with E-state index in [1.54, 1.807) is 0 Å². The summed E-state index contributed by atoms with van der Waals surface area (Å²) < 4.78 is 38.4. The molecule has 1 aromatic heterocycles. The summed E-state index contributed by atoms with van der Waals surface area (Å²) in [6.07, 6.45) is -1.58. The van der Waals surface area contributed by atoms with Gasteiger partial charge in [-0.25, -0.2) is 9.97 Å². The molecule has 0 aliphatic heterocycles. The minimum Gasteiger partial charge on any atom is -0.347 e. The number of rotatable bonds is 5. The van der Waals surface area contributed by atoms with Crippen molar-refractivity contribution >= 4 is 29.4 Å². The first-order valence-corrected chi connectivity index (χ1v) is 8.39. The lowest BCUT2D eigenvalue weighted by Gasteiger charge is -2.11. The second-order valence-electron chi connectivity index (χ2n) is 6.02. The van der Waals surface area contributed by atoms with Crippen LogP contribution in [0.1, 0.15) is 34.5 Å². The third-order valence-electron chi connectivity index (χ3n) is 3.88. The van der Waals surface area contributed by atoms with E-state index in [-0.39, 0.29) is 40.6 Å². The molecule has 0 saturated heterocycles. The van der Waals surface area contributed by atoms with Crippen LogP contribution >= 0.6 is 11.6 Å². The van der Waals surface area contributed by atoms with Crippen molar-refractivity contribution in [2.24, 2.45) is 5.92 Å². The molecule has 1 fully saturated rings. The fourth-order valence-electron chi connectivity index (χ4n) is 2.26. The summed E-state index contributed by atoms with van der Waals surface area (Å²) in [5.74, 6) is -0.887. The van der Waals surface area contributed by atoms with Gasteiger partial charge in [-0.1, -0.05) is 11.6 Å². The molecule has 1 aromatic carbocycles. The Labute approximate surface area is 157 Å². The Morgan fingerprint density at radius 1 is 1.22 bits per heavy atom. The van der Waals surface area contributed by atoms with Crippen molar-refractivity contribution in [1.82, 2.24) is 15.3 Å². The monoisotopic (exact) mass is 398 g/mol. The predicted octanol–water partition coefficient (Wildman–Crippen LogP) is 3.43. The second kappa shape index (κ2) is 7.51. The molecule has 2 N–H and O–H groups in total. The van der Waals surface area contributed by atoms with Crippen LogP contribution in [0.3, 0.4) is 0 Å². The van der Waals surface area contributed by atoms with Gasteiger partial charge in [-0.05, 0) is 42.7 Å². The van der Waals surface area contributed by atoms with Crippen LogP contribution in [0.5, 0.6) is 0 Å². The molecule has 1 saturated carbocycles. The Hall–Kier alpha value is -2.68. The van der Waals surface area contributed by atoms with Crippen LogP contribution in [-0.2, 0) is 17.5 Å². The van der Waals surface area contributed by atoms with Gasteiger partial charge >= 0.3 is 6.18 Å². The maximum absolute atomic E-state index is 12.8. The summed E-state index contributed by atoms with van der Waals surface area (Å²) in [5, 5.41) is 5.08. The normalized spacial score (nSPS) is 13.9. The molecular weight excluding hydrogens is 385 g/mol. The summed E-state index contributed by atoms with van der Waals surface area (Å²) in [7, 11) is 0. The number of halogens is 4. The lowest BCUT2D eigenvalue weighted by molar-refractivity contribution is -0.137. The number of hydrogen-bond donors (Lipinski definition) is 2. The van der Waals surface area contributed by atoms with Crippen LogP contribution in [-0.4, -0.2) is 21.8 Å². The first kappa shape index (κ1) is 19.1. The summed E-state index contributed by atoms with van der Waals surface area (Å²) in [5.41, 5.74) is -0.765. The maximum atomic E-state index is 12.8. The van der Waals surface area contributed by atoms with E-state index in [1.807, 2.05) is 0 Å². The fourth-order valence-corrected chi connectivity index (χ4v) is 2.44. The van der Waals surface area contributed by atoms with Gasteiger partial charge in [0.05, 0.1) is 5.56 Å². The first-order chi connectivity index (χ1) is 12.7. The number of nitrogens with one attached hydrogen (secondary N) is 2. The van der Waals surface area contributed by atoms with Gasteiger partial charge in [0.15, 0.2) is 0 Å². The van der Waals surface area contributed by atoms with Crippen molar-refractivity contribution in [3.05, 3.63) is 52.3 Å². The molecule has 1 aliphatic rings. The highest BCUT2D eigenvalue weighted by atomic mass is 35.5. The topological polar surface area (TPSA) is 84.0 Å². The number of carbonyl (C=O) groups is 2. The van der Waals surface area contributed by atoms with Crippen LogP contribution in [0.2, 0.25) is 5.02 Å². The minimum absolute atomic E-state index is 0.00310. The molecule has 1 aliphatic carbocycles. The van der Waals surface area contributed by atoms with Gasteiger partial charge in [0.2, 0.25) is 11.9 Å². The fraction of sp³-hybridized carbons (Fsp3) is 0.294. The zero-order chi connectivity index (χ0) is 19.6. The molecule has 0 bridgehead atoms. The molecule has 6 nitrogen and oxygen atoms in total. The molecule has 2 aromatic rings. The average molecular weight is 399 g/mol. The van der Waals surface area contributed by atoms with Crippen molar-refractivity contribution in [3.8, 4) is 0 Å². The van der Waals surface area contributed by atoms with E-state index in [4.69, 9.17) is 11.6 Å². The molecule has 2 amide bonds. The molecule has 1 heterocycles. The Kier molecular flexibility index (Phi) is 5.31. The summed E-state index contributed by atoms with van der Waals surface area (Å²) >= 11 is 5.90. The molecule has 0 radical (unpaired) electrons. The third kappa shape index (κ3) is 4.94. The van der Waals surface area contributed by atoms with Crippen LogP contribution < -0.4 is 10.6 Å². The molecule has 27 heavy (non-hydrogen) atoms. The Morgan fingerprint density at radius 2 is 1.96 bits per heavy atom. The Balaban J connectivity index is 1.66. The Morgan fingerprint density at radius 3 is 2.63 bits per heavy atom. The quantitative estimate of drug-likeness (QED) is 0.808. The molecule has 0 atom stereocenters. The van der Waals surface area contributed by atoms with Gasteiger partial charge in [0, 0.05) is 23.7 Å². The Bertz CT molecular complexity index is 885. The number of benzene rings is 1. The van der Waals surface area contributed by atoms with Crippen LogP contribution in [0.25, 0.3) is 0 Å². The van der Waals surface area contributed by atoms with Gasteiger partial charge in [-0.3, -0.25) is 14.9 Å². The number of carbonyl (C=O) groups excluding carboxylic acids is 2. The van der Waals surface area contributed by atoms with Crippen LogP contribution in [0.15, 0.2) is 30.5 Å². The number of nitrogens with zero attached hydrogens (tertiary/aromatic N) is 2. The number of anilines is 1. The van der Waals surface area contributed by atoms with E-state index in [1.165, 1.54) is 12.3 Å². The smallest absolute Gasteiger partial charge is 0.347 e. The third-order valence-corrected chi connectivity index (χ3v) is 4.25. The van der Waals surface area contributed by atoms with E-state index in [0.29, 0.717) is 0 Å². The van der Waals surface area contributed by atoms with Crippen molar-refractivity contribution in [2.45, 2.75) is 25.6 Å². The van der Waals surface area contributed by atoms with Crippen molar-refractivity contribution in [2.75, 3.05) is 5.32 Å². The predicted molar refractivity (Wildman–Crippen MR) is 91.0 cm³/mol. The summed E-state index contributed by atoms with van der Waals surface area (Å²) in [6, 6.07) is 4.20. The summed E-state index contributed by atoms with van der Waals surface area (Å²) in [6.45, 7) is -0.213. The van der Waals surface area contributed by atoms with Crippen molar-refractivity contribution in [1.29, 1.82) is 0 Å². The maximum Gasteiger partial charge on any atom is 0.416 e. The van der Waals surface area contributed by atoms with Crippen molar-refractivity contribution < 1.29 is 22.8 Å². The minimum atomic E-state index is -4.51. The van der Waals surface area contributed by atoms with E-state index in [9.17, 15) is 22.8 Å². The zero-order valence-electron chi connectivity index (χ0n) is 13.8. The van der Waals surface area contributed by atoms with Gasteiger partial charge in [0.1, 0.15) is 5.69 Å². The van der Waals surface area contributed by atoms with E-state index >= 15 is 0 Å². The highest BCUT2D eigenvalue weighted by Crippen LogP contribution is 2.32. The molecular formula is C17H14ClF3N4O2. The average Bonchev–Trinajstić information content (AvgIpc) is 3.45. The summed E-state index contributed by atoms with van der Waals surface area (Å²) in [4.78, 5) is 31.8. The van der Waals surface area contributed by atoms with E-state index in [2.05, 4.69) is 20.6 Å². The van der Waals surface area contributed by atoms with Gasteiger partial charge in [0.25, 0.3) is 5.91 Å².